The van der Waals surface area contributed by atoms with E-state index in [-0.39, 0.29) is 17.8 Å². The highest BCUT2D eigenvalue weighted by Crippen LogP contribution is 2.30. The van der Waals surface area contributed by atoms with E-state index in [9.17, 15) is 9.59 Å². The number of benzene rings is 1. The molecule has 0 saturated carbocycles. The van der Waals surface area contributed by atoms with E-state index in [1.807, 2.05) is 30.0 Å². The van der Waals surface area contributed by atoms with E-state index in [1.165, 1.54) is 12.5 Å². The Labute approximate surface area is 201 Å². The second-order valence-electron chi connectivity index (χ2n) is 8.39. The van der Waals surface area contributed by atoms with Gasteiger partial charge in [0, 0.05) is 43.5 Å². The molecule has 1 aromatic carbocycles. The second kappa shape index (κ2) is 12.0. The highest BCUT2D eigenvalue weighted by atomic mass is 16.5. The number of methoxy groups -OCH3 is 1. The van der Waals surface area contributed by atoms with E-state index < -0.39 is 0 Å². The molecule has 0 unspecified atom stereocenters. The zero-order valence-electron chi connectivity index (χ0n) is 20.0. The van der Waals surface area contributed by atoms with Crippen LogP contribution in [-0.2, 0) is 4.79 Å². The van der Waals surface area contributed by atoms with E-state index in [0.717, 1.165) is 68.8 Å². The number of nitrogen functional groups attached to an aromatic ring is 1. The summed E-state index contributed by atoms with van der Waals surface area (Å²) in [7, 11) is 1.55. The summed E-state index contributed by atoms with van der Waals surface area (Å²) in [6.45, 7) is 8.96. The maximum absolute atomic E-state index is 12.7. The van der Waals surface area contributed by atoms with E-state index in [1.54, 1.807) is 13.3 Å². The first kappa shape index (κ1) is 25.0. The van der Waals surface area contributed by atoms with Crippen LogP contribution in [0, 0.1) is 6.92 Å². The van der Waals surface area contributed by atoms with Crippen LogP contribution < -0.4 is 20.7 Å². The number of aromatic nitrogens is 2. The van der Waals surface area contributed by atoms with Gasteiger partial charge < -0.3 is 25.6 Å². The lowest BCUT2D eigenvalue weighted by molar-refractivity contribution is -0.111. The van der Waals surface area contributed by atoms with Crippen LogP contribution in [0.2, 0.25) is 0 Å². The molecule has 0 spiro atoms. The molecule has 1 aromatic heterocycles. The number of nitrogens with two attached hydrogens (primary N) is 1. The lowest BCUT2D eigenvalue weighted by Gasteiger charge is -2.31. The van der Waals surface area contributed by atoms with Crippen molar-refractivity contribution in [2.24, 2.45) is 0 Å². The van der Waals surface area contributed by atoms with E-state index >= 15 is 0 Å². The van der Waals surface area contributed by atoms with Crippen molar-refractivity contribution in [2.75, 3.05) is 49.2 Å². The predicted octanol–water partition coefficient (Wildman–Crippen LogP) is 3.41. The molecule has 0 bridgehead atoms. The molecule has 0 radical (unpaired) electrons. The van der Waals surface area contributed by atoms with Gasteiger partial charge in [-0.3, -0.25) is 9.59 Å². The Hall–Kier alpha value is -3.62. The monoisotopic (exact) mass is 466 g/mol. The molecule has 0 aliphatic carbocycles. The van der Waals surface area contributed by atoms with Gasteiger partial charge in [0.05, 0.1) is 18.5 Å². The Bertz CT molecular complexity index is 1010. The van der Waals surface area contributed by atoms with Crippen LogP contribution in [0.3, 0.4) is 0 Å². The van der Waals surface area contributed by atoms with Gasteiger partial charge in [-0.15, -0.1) is 0 Å². The van der Waals surface area contributed by atoms with Gasteiger partial charge in [-0.25, -0.2) is 4.98 Å². The van der Waals surface area contributed by atoms with Crippen molar-refractivity contribution in [1.29, 1.82) is 0 Å². The van der Waals surface area contributed by atoms with Gasteiger partial charge in [-0.1, -0.05) is 6.58 Å². The summed E-state index contributed by atoms with van der Waals surface area (Å²) in [5, 5.41) is 2.87. The fourth-order valence-electron chi connectivity index (χ4n) is 4.10. The van der Waals surface area contributed by atoms with E-state index in [4.69, 9.17) is 10.5 Å². The van der Waals surface area contributed by atoms with Gasteiger partial charge in [-0.2, -0.15) is 4.98 Å². The number of rotatable bonds is 5. The molecular weight excluding hydrogens is 432 g/mol. The molecule has 182 valence electrons. The number of nitrogens with one attached hydrogen (secondary N) is 1. The largest absolute Gasteiger partial charge is 0.481 e. The minimum absolute atomic E-state index is 0.0901. The Morgan fingerprint density at radius 3 is 2.41 bits per heavy atom. The van der Waals surface area contributed by atoms with Gasteiger partial charge in [0.1, 0.15) is 0 Å². The number of hydrogen-bond acceptors (Lipinski definition) is 7. The minimum atomic E-state index is -0.230. The van der Waals surface area contributed by atoms with Gasteiger partial charge in [0.15, 0.2) is 0 Å². The number of hydrogen-bond donors (Lipinski definition) is 2. The van der Waals surface area contributed by atoms with Crippen LogP contribution in [0.1, 0.15) is 48.0 Å². The van der Waals surface area contributed by atoms with Crippen LogP contribution in [0.15, 0.2) is 37.1 Å². The number of carbonyl (C=O) groups is 2. The number of amides is 2. The van der Waals surface area contributed by atoms with E-state index in [0.29, 0.717) is 11.4 Å². The highest BCUT2D eigenvalue weighted by Gasteiger charge is 2.22. The maximum atomic E-state index is 12.7. The van der Waals surface area contributed by atoms with Crippen molar-refractivity contribution in [2.45, 2.75) is 39.0 Å². The predicted molar refractivity (Wildman–Crippen MR) is 134 cm³/mol. The molecule has 0 atom stereocenters. The Morgan fingerprint density at radius 2 is 1.79 bits per heavy atom. The molecule has 2 aliphatic heterocycles. The number of piperidine rings is 1. The normalized spacial score (nSPS) is 15.2. The van der Waals surface area contributed by atoms with Crippen LogP contribution in [0.25, 0.3) is 0 Å². The molecule has 4 rings (SSSR count). The molecule has 3 heterocycles. The Kier molecular flexibility index (Phi) is 8.84. The average molecular weight is 467 g/mol. The first-order valence-corrected chi connectivity index (χ1v) is 11.7. The molecule has 2 aromatic rings. The highest BCUT2D eigenvalue weighted by molar-refractivity contribution is 6.03. The Morgan fingerprint density at radius 1 is 1.12 bits per heavy atom. The van der Waals surface area contributed by atoms with Crippen molar-refractivity contribution < 1.29 is 14.3 Å². The maximum Gasteiger partial charge on any atom is 0.253 e. The number of carbonyl (C=O) groups excluding carboxylic acids is 2. The molecule has 2 amide bonds. The summed E-state index contributed by atoms with van der Waals surface area (Å²) in [5.41, 5.74) is 8.58. The third-order valence-corrected chi connectivity index (χ3v) is 5.92. The van der Waals surface area contributed by atoms with Crippen molar-refractivity contribution >= 4 is 29.1 Å². The standard InChI is InChI=1S/C19H25N3O2.C6H9N3O/c1-2-18(23)20-16-9-8-15(19(24)22-12-6-7-13-22)14-17(16)21-10-4-3-5-11-21;1-4-3-8-6(7)9-5(4)10-2/h2,8-9,14H,1,3-7,10-13H2,(H,20,23);3H,1-2H3,(H2,7,8,9). The fraction of sp³-hybridized carbons (Fsp3) is 0.440. The molecule has 3 N–H and O–H groups in total. The van der Waals surface area contributed by atoms with Crippen molar-refractivity contribution in [1.82, 2.24) is 14.9 Å². The number of anilines is 3. The van der Waals surface area contributed by atoms with Gasteiger partial charge in [0.25, 0.3) is 5.91 Å². The van der Waals surface area contributed by atoms with Gasteiger partial charge in [0.2, 0.25) is 17.7 Å². The van der Waals surface area contributed by atoms with E-state index in [2.05, 4.69) is 26.8 Å². The van der Waals surface area contributed by atoms with Crippen LogP contribution >= 0.6 is 0 Å². The Balaban J connectivity index is 0.000000271. The lowest BCUT2D eigenvalue weighted by Crippen LogP contribution is -2.31. The smallest absolute Gasteiger partial charge is 0.253 e. The van der Waals surface area contributed by atoms with Crippen molar-refractivity contribution in [3.63, 3.8) is 0 Å². The van der Waals surface area contributed by atoms with Gasteiger partial charge in [-0.05, 0) is 63.3 Å². The SMILES string of the molecule is C=CC(=O)Nc1ccc(C(=O)N2CCCC2)cc1N1CCCCC1.COc1nc(N)ncc1C. The quantitative estimate of drug-likeness (QED) is 0.649. The number of ether oxygens (including phenoxy) is 1. The topological polar surface area (TPSA) is 114 Å². The van der Waals surface area contributed by atoms with Crippen molar-refractivity contribution in [3.05, 3.63) is 48.2 Å². The van der Waals surface area contributed by atoms with Crippen molar-refractivity contribution in [3.8, 4) is 5.88 Å². The third-order valence-electron chi connectivity index (χ3n) is 5.92. The summed E-state index contributed by atoms with van der Waals surface area (Å²) in [6.07, 6.45) is 8.57. The van der Waals surface area contributed by atoms with Crippen LogP contribution in [-0.4, -0.2) is 60.0 Å². The molecular formula is C25H34N6O3. The fourth-order valence-corrected chi connectivity index (χ4v) is 4.10. The molecule has 2 fully saturated rings. The first-order chi connectivity index (χ1) is 16.4. The molecule has 2 saturated heterocycles. The zero-order valence-corrected chi connectivity index (χ0v) is 20.0. The molecule has 9 nitrogen and oxygen atoms in total. The van der Waals surface area contributed by atoms with Crippen LogP contribution in [0.4, 0.5) is 17.3 Å². The summed E-state index contributed by atoms with van der Waals surface area (Å²) in [6, 6.07) is 5.59. The third kappa shape index (κ3) is 6.46. The summed E-state index contributed by atoms with van der Waals surface area (Å²) in [4.78, 5) is 36.2. The van der Waals surface area contributed by atoms with Gasteiger partial charge >= 0.3 is 0 Å². The number of nitrogens with zero attached hydrogens (tertiary/aromatic N) is 4. The number of aryl methyl sites for hydroxylation is 1. The molecule has 9 heteroatoms. The summed E-state index contributed by atoms with van der Waals surface area (Å²) >= 11 is 0. The molecule has 2 aliphatic rings. The first-order valence-electron chi connectivity index (χ1n) is 11.7. The van der Waals surface area contributed by atoms with Crippen LogP contribution in [0.5, 0.6) is 5.88 Å². The summed E-state index contributed by atoms with van der Waals surface area (Å²) < 4.78 is 4.89. The minimum Gasteiger partial charge on any atom is -0.481 e. The average Bonchev–Trinajstić information content (AvgIpc) is 3.41. The molecule has 34 heavy (non-hydrogen) atoms. The number of likely N-dealkylation sites (tertiary alicyclic amines) is 1. The zero-order chi connectivity index (χ0) is 24.5. The lowest BCUT2D eigenvalue weighted by atomic mass is 10.1. The summed E-state index contributed by atoms with van der Waals surface area (Å²) in [5.74, 6) is 0.634. The second-order valence-corrected chi connectivity index (χ2v) is 8.39.